The number of hydrogen-bond acceptors (Lipinski definition) is 3. The summed E-state index contributed by atoms with van der Waals surface area (Å²) in [5.74, 6) is -0.0726. The average Bonchev–Trinajstić information content (AvgIpc) is 2.70. The Labute approximate surface area is 107 Å². The number of benzene rings is 1. The monoisotopic (exact) mass is 248 g/mol. The van der Waals surface area contributed by atoms with Crippen LogP contribution in [0.3, 0.4) is 0 Å². The summed E-state index contributed by atoms with van der Waals surface area (Å²) in [5.41, 5.74) is 6.24. The van der Waals surface area contributed by atoms with Crippen molar-refractivity contribution in [2.45, 2.75) is 31.4 Å². The number of likely N-dealkylation sites (tertiary alicyclic amines) is 1. The first-order valence-electron chi connectivity index (χ1n) is 6.29. The Morgan fingerprint density at radius 2 is 2.17 bits per heavy atom. The number of carbonyl (C=O) groups is 1. The summed E-state index contributed by atoms with van der Waals surface area (Å²) in [6.07, 6.45) is 1.16. The van der Waals surface area contributed by atoms with Gasteiger partial charge in [0.2, 0.25) is 5.91 Å². The van der Waals surface area contributed by atoms with Gasteiger partial charge in [-0.25, -0.2) is 0 Å². The van der Waals surface area contributed by atoms with E-state index in [0.717, 1.165) is 5.56 Å². The van der Waals surface area contributed by atoms with Crippen LogP contribution in [0.2, 0.25) is 0 Å². The average molecular weight is 248 g/mol. The van der Waals surface area contributed by atoms with E-state index in [1.54, 1.807) is 11.8 Å². The standard InChI is InChI=1S/C14H20N2O2/c1-14(18)7-8-16(10-14)13(17)12(15)9-11-5-3-2-4-6-11/h2-6,12,18H,7-10,15H2,1H3. The summed E-state index contributed by atoms with van der Waals surface area (Å²) in [7, 11) is 0. The van der Waals surface area contributed by atoms with Gasteiger partial charge in [0.05, 0.1) is 11.6 Å². The molecule has 4 heteroatoms. The molecule has 0 aromatic heterocycles. The van der Waals surface area contributed by atoms with Crippen LogP contribution in [0.4, 0.5) is 0 Å². The lowest BCUT2D eigenvalue weighted by atomic mass is 10.1. The highest BCUT2D eigenvalue weighted by molar-refractivity contribution is 5.82. The van der Waals surface area contributed by atoms with Crippen molar-refractivity contribution in [1.29, 1.82) is 0 Å². The van der Waals surface area contributed by atoms with Gasteiger partial charge >= 0.3 is 0 Å². The number of aliphatic hydroxyl groups is 1. The summed E-state index contributed by atoms with van der Waals surface area (Å²) in [4.78, 5) is 13.8. The van der Waals surface area contributed by atoms with Crippen molar-refractivity contribution in [3.63, 3.8) is 0 Å². The molecule has 2 unspecified atom stereocenters. The smallest absolute Gasteiger partial charge is 0.239 e. The van der Waals surface area contributed by atoms with E-state index < -0.39 is 11.6 Å². The minimum absolute atomic E-state index is 0.0726. The molecule has 1 aliphatic rings. The highest BCUT2D eigenvalue weighted by Crippen LogP contribution is 2.21. The minimum atomic E-state index is -0.762. The molecule has 1 amide bonds. The molecule has 18 heavy (non-hydrogen) atoms. The second-order valence-corrected chi connectivity index (χ2v) is 5.30. The summed E-state index contributed by atoms with van der Waals surface area (Å²) in [6, 6.07) is 9.22. The fraction of sp³-hybridized carbons (Fsp3) is 0.500. The summed E-state index contributed by atoms with van der Waals surface area (Å²) >= 11 is 0. The normalized spacial score (nSPS) is 25.2. The van der Waals surface area contributed by atoms with Crippen LogP contribution >= 0.6 is 0 Å². The van der Waals surface area contributed by atoms with Crippen molar-refractivity contribution in [1.82, 2.24) is 4.90 Å². The van der Waals surface area contributed by atoms with Gasteiger partial charge in [0.15, 0.2) is 0 Å². The van der Waals surface area contributed by atoms with Crippen LogP contribution in [-0.4, -0.2) is 40.6 Å². The van der Waals surface area contributed by atoms with Gasteiger partial charge in [-0.3, -0.25) is 4.79 Å². The lowest BCUT2D eigenvalue weighted by molar-refractivity contribution is -0.132. The fourth-order valence-electron chi connectivity index (χ4n) is 2.32. The zero-order valence-corrected chi connectivity index (χ0v) is 10.7. The van der Waals surface area contributed by atoms with Crippen LogP contribution in [-0.2, 0) is 11.2 Å². The molecule has 98 valence electrons. The predicted octanol–water partition coefficient (Wildman–Crippen LogP) is 0.540. The van der Waals surface area contributed by atoms with Crippen LogP contribution < -0.4 is 5.73 Å². The third-order valence-corrected chi connectivity index (χ3v) is 3.38. The highest BCUT2D eigenvalue weighted by Gasteiger charge is 2.35. The lowest BCUT2D eigenvalue weighted by Gasteiger charge is -2.22. The Bertz CT molecular complexity index is 417. The molecular weight excluding hydrogens is 228 g/mol. The van der Waals surface area contributed by atoms with E-state index in [1.165, 1.54) is 0 Å². The molecule has 0 saturated carbocycles. The Morgan fingerprint density at radius 3 is 2.72 bits per heavy atom. The van der Waals surface area contributed by atoms with E-state index in [4.69, 9.17) is 5.73 Å². The van der Waals surface area contributed by atoms with Gasteiger partial charge in [0, 0.05) is 13.1 Å². The number of hydrogen-bond donors (Lipinski definition) is 2. The van der Waals surface area contributed by atoms with Crippen molar-refractivity contribution in [3.05, 3.63) is 35.9 Å². The summed E-state index contributed by atoms with van der Waals surface area (Å²) in [5, 5.41) is 9.85. The molecule has 4 nitrogen and oxygen atoms in total. The lowest BCUT2D eigenvalue weighted by Crippen LogP contribution is -2.45. The van der Waals surface area contributed by atoms with E-state index in [9.17, 15) is 9.90 Å². The molecule has 1 aromatic rings. The zero-order chi connectivity index (χ0) is 13.2. The van der Waals surface area contributed by atoms with E-state index in [0.29, 0.717) is 25.9 Å². The third kappa shape index (κ3) is 3.09. The molecule has 0 radical (unpaired) electrons. The predicted molar refractivity (Wildman–Crippen MR) is 69.9 cm³/mol. The number of carbonyl (C=O) groups excluding carboxylic acids is 1. The topological polar surface area (TPSA) is 66.6 Å². The first-order chi connectivity index (χ1) is 8.48. The van der Waals surface area contributed by atoms with Crippen LogP contribution in [0, 0.1) is 0 Å². The second-order valence-electron chi connectivity index (χ2n) is 5.30. The number of nitrogens with two attached hydrogens (primary N) is 1. The maximum atomic E-state index is 12.1. The summed E-state index contributed by atoms with van der Waals surface area (Å²) < 4.78 is 0. The van der Waals surface area contributed by atoms with Gasteiger partial charge in [-0.05, 0) is 25.3 Å². The van der Waals surface area contributed by atoms with Gasteiger partial charge in [0.25, 0.3) is 0 Å². The van der Waals surface area contributed by atoms with E-state index in [-0.39, 0.29) is 5.91 Å². The minimum Gasteiger partial charge on any atom is -0.388 e. The van der Waals surface area contributed by atoms with Gasteiger partial charge in [-0.1, -0.05) is 30.3 Å². The first-order valence-corrected chi connectivity index (χ1v) is 6.29. The Balaban J connectivity index is 1.94. The molecule has 1 aliphatic heterocycles. The quantitative estimate of drug-likeness (QED) is 0.820. The number of nitrogens with zero attached hydrogens (tertiary/aromatic N) is 1. The molecular formula is C14H20N2O2. The summed E-state index contributed by atoms with van der Waals surface area (Å²) in [6.45, 7) is 2.73. The van der Waals surface area contributed by atoms with Crippen LogP contribution in [0.1, 0.15) is 18.9 Å². The van der Waals surface area contributed by atoms with Gasteiger partial charge in [0.1, 0.15) is 0 Å². The van der Waals surface area contributed by atoms with Crippen molar-refractivity contribution in [2.75, 3.05) is 13.1 Å². The Hall–Kier alpha value is -1.39. The number of rotatable bonds is 3. The Kier molecular flexibility index (Phi) is 3.68. The fourth-order valence-corrected chi connectivity index (χ4v) is 2.32. The van der Waals surface area contributed by atoms with Gasteiger partial charge in [-0.15, -0.1) is 0 Å². The van der Waals surface area contributed by atoms with Crippen molar-refractivity contribution in [2.24, 2.45) is 5.73 Å². The van der Waals surface area contributed by atoms with Crippen molar-refractivity contribution in [3.8, 4) is 0 Å². The van der Waals surface area contributed by atoms with Crippen molar-refractivity contribution < 1.29 is 9.90 Å². The van der Waals surface area contributed by atoms with Crippen molar-refractivity contribution >= 4 is 5.91 Å². The molecule has 0 spiro atoms. The molecule has 1 heterocycles. The SMILES string of the molecule is CC1(O)CCN(C(=O)C(N)Cc2ccccc2)C1. The van der Waals surface area contributed by atoms with Gasteiger partial charge in [-0.2, -0.15) is 0 Å². The second kappa shape index (κ2) is 5.08. The molecule has 2 rings (SSSR count). The van der Waals surface area contributed by atoms with Gasteiger partial charge < -0.3 is 15.7 Å². The molecule has 3 N–H and O–H groups in total. The van der Waals surface area contributed by atoms with E-state index >= 15 is 0 Å². The highest BCUT2D eigenvalue weighted by atomic mass is 16.3. The van der Waals surface area contributed by atoms with Crippen LogP contribution in [0.5, 0.6) is 0 Å². The molecule has 1 fully saturated rings. The van der Waals surface area contributed by atoms with Crippen LogP contribution in [0.15, 0.2) is 30.3 Å². The maximum absolute atomic E-state index is 12.1. The van der Waals surface area contributed by atoms with E-state index in [2.05, 4.69) is 0 Å². The van der Waals surface area contributed by atoms with Crippen LogP contribution in [0.25, 0.3) is 0 Å². The molecule has 0 aliphatic carbocycles. The molecule has 2 atom stereocenters. The maximum Gasteiger partial charge on any atom is 0.239 e. The largest absolute Gasteiger partial charge is 0.388 e. The zero-order valence-electron chi connectivity index (χ0n) is 10.7. The Morgan fingerprint density at radius 1 is 1.50 bits per heavy atom. The molecule has 0 bridgehead atoms. The first kappa shape index (κ1) is 13.1. The third-order valence-electron chi connectivity index (χ3n) is 3.38. The number of β-amino-alcohol motifs (C(OH)–C–C–N with tert-alkyl or cyclic N) is 1. The molecule has 1 aromatic carbocycles. The molecule has 1 saturated heterocycles. The van der Waals surface area contributed by atoms with E-state index in [1.807, 2.05) is 30.3 Å². The number of amides is 1.